The van der Waals surface area contributed by atoms with Crippen molar-refractivity contribution in [2.75, 3.05) is 0 Å². The first-order chi connectivity index (χ1) is 14.0. The number of fused-ring (bicyclic) bond motifs is 1. The van der Waals surface area contributed by atoms with Gasteiger partial charge < -0.3 is 4.74 Å². The maximum atomic E-state index is 12.8. The van der Waals surface area contributed by atoms with Gasteiger partial charge in [0.15, 0.2) is 11.2 Å². The molecule has 0 radical (unpaired) electrons. The second-order valence-corrected chi connectivity index (χ2v) is 6.56. The maximum Gasteiger partial charge on any atom is 0.340 e. The Morgan fingerprint density at radius 1 is 0.931 bits per heavy atom. The normalized spacial score (nSPS) is 12.1. The number of nitrogens with zero attached hydrogens (tertiary/aromatic N) is 4. The highest BCUT2D eigenvalue weighted by atomic mass is 16.6. The number of rotatable bonds is 4. The first-order valence-corrected chi connectivity index (χ1v) is 8.92. The zero-order chi connectivity index (χ0) is 20.5. The molecule has 4 rings (SSSR count). The van der Waals surface area contributed by atoms with E-state index in [1.807, 2.05) is 18.2 Å². The predicted molar refractivity (Wildman–Crippen MR) is 107 cm³/mol. The van der Waals surface area contributed by atoms with E-state index in [2.05, 4.69) is 4.98 Å². The number of hydrogen-bond acceptors (Lipinski definition) is 5. The van der Waals surface area contributed by atoms with Crippen LogP contribution in [0.25, 0.3) is 11.2 Å². The molecule has 1 atom stereocenters. The van der Waals surface area contributed by atoms with Crippen molar-refractivity contribution in [3.8, 4) is 0 Å². The molecule has 0 saturated heterocycles. The van der Waals surface area contributed by atoms with E-state index in [0.717, 1.165) is 4.57 Å². The summed E-state index contributed by atoms with van der Waals surface area (Å²) in [7, 11) is 2.93. The van der Waals surface area contributed by atoms with Gasteiger partial charge in [-0.2, -0.15) is 0 Å². The van der Waals surface area contributed by atoms with Crippen LogP contribution in [0.15, 0.2) is 76.6 Å². The molecule has 0 aliphatic carbocycles. The number of aryl methyl sites for hydroxylation is 1. The van der Waals surface area contributed by atoms with Gasteiger partial charge in [-0.3, -0.25) is 18.5 Å². The lowest BCUT2D eigenvalue weighted by molar-refractivity contribution is 0.0232. The molecule has 0 bridgehead atoms. The average Bonchev–Trinajstić information content (AvgIpc) is 3.20. The number of imidazole rings is 1. The highest BCUT2D eigenvalue weighted by Gasteiger charge is 2.24. The van der Waals surface area contributed by atoms with Crippen LogP contribution >= 0.6 is 0 Å². The van der Waals surface area contributed by atoms with Crippen molar-refractivity contribution in [3.63, 3.8) is 0 Å². The number of esters is 1. The summed E-state index contributed by atoms with van der Waals surface area (Å²) in [5, 5.41) is 0. The van der Waals surface area contributed by atoms with E-state index in [1.165, 1.54) is 29.6 Å². The SMILES string of the molecule is Cn1c(=O)c2c(ncn2C(OC(=O)c2ccccc2)c2ccccc2)n(C)c1=O. The highest BCUT2D eigenvalue weighted by molar-refractivity contribution is 5.89. The second-order valence-electron chi connectivity index (χ2n) is 6.56. The topological polar surface area (TPSA) is 88.1 Å². The van der Waals surface area contributed by atoms with Crippen molar-refractivity contribution in [2.45, 2.75) is 6.23 Å². The fourth-order valence-corrected chi connectivity index (χ4v) is 3.19. The van der Waals surface area contributed by atoms with Crippen LogP contribution in [0.5, 0.6) is 0 Å². The van der Waals surface area contributed by atoms with Crippen LogP contribution in [0, 0.1) is 0 Å². The van der Waals surface area contributed by atoms with Crippen molar-refractivity contribution in [1.29, 1.82) is 0 Å². The van der Waals surface area contributed by atoms with Gasteiger partial charge in [0, 0.05) is 19.7 Å². The fraction of sp³-hybridized carbons (Fsp3) is 0.143. The number of carbonyl (C=O) groups is 1. The number of aromatic nitrogens is 4. The summed E-state index contributed by atoms with van der Waals surface area (Å²) < 4.78 is 9.56. The minimum Gasteiger partial charge on any atom is -0.433 e. The summed E-state index contributed by atoms with van der Waals surface area (Å²) in [6.45, 7) is 0. The molecule has 2 heterocycles. The van der Waals surface area contributed by atoms with Crippen LogP contribution < -0.4 is 11.2 Å². The molecule has 0 fully saturated rings. The molecule has 0 amide bonds. The summed E-state index contributed by atoms with van der Waals surface area (Å²) in [4.78, 5) is 42.0. The molecule has 146 valence electrons. The van der Waals surface area contributed by atoms with Gasteiger partial charge in [0.2, 0.25) is 6.23 Å². The van der Waals surface area contributed by atoms with Crippen molar-refractivity contribution in [3.05, 3.63) is 99.0 Å². The van der Waals surface area contributed by atoms with Gasteiger partial charge in [-0.1, -0.05) is 48.5 Å². The predicted octanol–water partition coefficient (Wildman–Crippen LogP) is 1.84. The summed E-state index contributed by atoms with van der Waals surface area (Å²) in [5.74, 6) is -0.539. The van der Waals surface area contributed by atoms with E-state index in [4.69, 9.17) is 4.74 Å². The van der Waals surface area contributed by atoms with Crippen LogP contribution in [-0.4, -0.2) is 24.7 Å². The monoisotopic (exact) mass is 390 g/mol. The second kappa shape index (κ2) is 7.23. The fourth-order valence-electron chi connectivity index (χ4n) is 3.19. The molecule has 0 aliphatic heterocycles. The van der Waals surface area contributed by atoms with Gasteiger partial charge in [-0.25, -0.2) is 14.6 Å². The minimum absolute atomic E-state index is 0.171. The van der Waals surface area contributed by atoms with Gasteiger partial charge in [0.1, 0.15) is 6.33 Å². The first kappa shape index (κ1) is 18.4. The molecule has 8 nitrogen and oxygen atoms in total. The zero-order valence-corrected chi connectivity index (χ0v) is 15.9. The Labute approximate surface area is 165 Å². The smallest absolute Gasteiger partial charge is 0.340 e. The average molecular weight is 390 g/mol. The molecule has 0 aliphatic rings. The van der Waals surface area contributed by atoms with E-state index in [-0.39, 0.29) is 11.2 Å². The van der Waals surface area contributed by atoms with E-state index in [0.29, 0.717) is 11.1 Å². The number of benzene rings is 2. The van der Waals surface area contributed by atoms with Gasteiger partial charge in [-0.05, 0) is 12.1 Å². The Kier molecular flexibility index (Phi) is 4.59. The lowest BCUT2D eigenvalue weighted by atomic mass is 10.2. The molecule has 0 spiro atoms. The van der Waals surface area contributed by atoms with Crippen molar-refractivity contribution >= 4 is 17.1 Å². The molecule has 1 unspecified atom stereocenters. The van der Waals surface area contributed by atoms with Crippen molar-refractivity contribution in [1.82, 2.24) is 18.7 Å². The van der Waals surface area contributed by atoms with Crippen molar-refractivity contribution < 1.29 is 9.53 Å². The zero-order valence-electron chi connectivity index (χ0n) is 15.9. The minimum atomic E-state index is -0.931. The number of ether oxygens (including phenoxy) is 1. The third-order valence-electron chi connectivity index (χ3n) is 4.74. The Morgan fingerprint density at radius 2 is 1.55 bits per heavy atom. The summed E-state index contributed by atoms with van der Waals surface area (Å²) in [6.07, 6.45) is 0.473. The van der Waals surface area contributed by atoms with Crippen LogP contribution in [0.4, 0.5) is 0 Å². The highest BCUT2D eigenvalue weighted by Crippen LogP contribution is 2.24. The summed E-state index contributed by atoms with van der Waals surface area (Å²) >= 11 is 0. The molecule has 8 heteroatoms. The van der Waals surface area contributed by atoms with Gasteiger partial charge in [0.25, 0.3) is 5.56 Å². The van der Waals surface area contributed by atoms with E-state index in [1.54, 1.807) is 42.5 Å². The molecule has 2 aromatic heterocycles. The Hall–Kier alpha value is -3.94. The lowest BCUT2D eigenvalue weighted by Gasteiger charge is -2.20. The lowest BCUT2D eigenvalue weighted by Crippen LogP contribution is -2.38. The van der Waals surface area contributed by atoms with Gasteiger partial charge >= 0.3 is 11.7 Å². The Bertz CT molecular complexity index is 1300. The Balaban J connectivity index is 1.90. The van der Waals surface area contributed by atoms with E-state index >= 15 is 0 Å². The summed E-state index contributed by atoms with van der Waals surface area (Å²) in [5.41, 5.74) is 0.437. The number of hydrogen-bond donors (Lipinski definition) is 0. The third-order valence-corrected chi connectivity index (χ3v) is 4.74. The molecule has 0 saturated carbocycles. The third kappa shape index (κ3) is 3.14. The first-order valence-electron chi connectivity index (χ1n) is 8.92. The molecule has 0 N–H and O–H groups in total. The molecular formula is C21H18N4O4. The largest absolute Gasteiger partial charge is 0.433 e. The molecule has 29 heavy (non-hydrogen) atoms. The van der Waals surface area contributed by atoms with Gasteiger partial charge in [0.05, 0.1) is 5.56 Å². The number of carbonyl (C=O) groups excluding carboxylic acids is 1. The summed E-state index contributed by atoms with van der Waals surface area (Å²) in [6, 6.07) is 17.6. The maximum absolute atomic E-state index is 12.8. The standard InChI is InChI=1S/C21H18N4O4/c1-23-17-16(18(26)24(2)21(23)28)25(13-22-17)19(14-9-5-3-6-10-14)29-20(27)15-11-7-4-8-12-15/h3-13,19H,1-2H3. The molecular weight excluding hydrogens is 372 g/mol. The van der Waals surface area contributed by atoms with Crippen LogP contribution in [0.1, 0.15) is 22.1 Å². The van der Waals surface area contributed by atoms with Crippen LogP contribution in [-0.2, 0) is 18.8 Å². The van der Waals surface area contributed by atoms with Gasteiger partial charge in [-0.15, -0.1) is 0 Å². The molecule has 4 aromatic rings. The van der Waals surface area contributed by atoms with E-state index in [9.17, 15) is 14.4 Å². The quantitative estimate of drug-likeness (QED) is 0.496. The van der Waals surface area contributed by atoms with E-state index < -0.39 is 23.4 Å². The van der Waals surface area contributed by atoms with Crippen molar-refractivity contribution in [2.24, 2.45) is 14.1 Å². The van der Waals surface area contributed by atoms with Crippen LogP contribution in [0.3, 0.4) is 0 Å². The van der Waals surface area contributed by atoms with Crippen LogP contribution in [0.2, 0.25) is 0 Å². The molecule has 2 aromatic carbocycles. The Morgan fingerprint density at radius 3 is 2.21 bits per heavy atom.